The van der Waals surface area contributed by atoms with Crippen molar-refractivity contribution in [2.75, 3.05) is 6.54 Å². The van der Waals surface area contributed by atoms with Gasteiger partial charge in [0.05, 0.1) is 0 Å². The Hall–Kier alpha value is -0.530. The highest BCUT2D eigenvalue weighted by Gasteiger charge is 2.29. The van der Waals surface area contributed by atoms with Gasteiger partial charge in [0.2, 0.25) is 5.91 Å². The van der Waals surface area contributed by atoms with Gasteiger partial charge in [-0.25, -0.2) is 0 Å². The lowest BCUT2D eigenvalue weighted by Gasteiger charge is -2.30. The Kier molecular flexibility index (Phi) is 10.6. The number of carbonyl (C=O) groups excluding carboxylic acids is 1. The van der Waals surface area contributed by atoms with Crippen LogP contribution in [-0.4, -0.2) is 12.5 Å². The maximum Gasteiger partial charge on any atom is 0.223 e. The van der Waals surface area contributed by atoms with Crippen LogP contribution in [0.25, 0.3) is 0 Å². The molecule has 1 saturated heterocycles. The third-order valence-corrected chi connectivity index (χ3v) is 5.00. The first-order valence-corrected chi connectivity index (χ1v) is 9.57. The fourth-order valence-electron chi connectivity index (χ4n) is 3.64. The van der Waals surface area contributed by atoms with Gasteiger partial charge >= 0.3 is 0 Å². The van der Waals surface area contributed by atoms with E-state index in [-0.39, 0.29) is 0 Å². The first kappa shape index (κ1) is 18.5. The summed E-state index contributed by atoms with van der Waals surface area (Å²) < 4.78 is 0. The number of hydrogen-bond acceptors (Lipinski definition) is 1. The van der Waals surface area contributed by atoms with Crippen LogP contribution in [0, 0.1) is 11.8 Å². The largest absolute Gasteiger partial charge is 0.356 e. The summed E-state index contributed by atoms with van der Waals surface area (Å²) in [6.07, 6.45) is 16.9. The maximum atomic E-state index is 12.1. The van der Waals surface area contributed by atoms with Crippen LogP contribution in [0.5, 0.6) is 0 Å². The van der Waals surface area contributed by atoms with Gasteiger partial charge in [-0.2, -0.15) is 0 Å². The summed E-state index contributed by atoms with van der Waals surface area (Å²) >= 11 is 0. The number of hydrogen-bond donors (Lipinski definition) is 1. The normalized spacial score (nSPS) is 20.3. The van der Waals surface area contributed by atoms with Gasteiger partial charge < -0.3 is 5.32 Å². The summed E-state index contributed by atoms with van der Waals surface area (Å²) in [5.74, 6) is 1.30. The van der Waals surface area contributed by atoms with Crippen LogP contribution in [0.15, 0.2) is 0 Å². The van der Waals surface area contributed by atoms with Crippen molar-refractivity contribution in [2.45, 2.75) is 97.3 Å². The lowest BCUT2D eigenvalue weighted by atomic mass is 9.79. The second-order valence-corrected chi connectivity index (χ2v) is 6.85. The van der Waals surface area contributed by atoms with Crippen molar-refractivity contribution in [1.82, 2.24) is 5.32 Å². The monoisotopic (exact) mass is 295 g/mol. The molecular formula is C19H37NO. The molecule has 0 aliphatic carbocycles. The predicted molar refractivity (Wildman–Crippen MR) is 91.4 cm³/mol. The molecule has 0 saturated carbocycles. The number of carbonyl (C=O) groups is 1. The lowest BCUT2D eigenvalue weighted by Crippen LogP contribution is -2.40. The average molecular weight is 296 g/mol. The lowest BCUT2D eigenvalue weighted by molar-refractivity contribution is -0.128. The van der Waals surface area contributed by atoms with Crippen LogP contribution in [0.1, 0.15) is 97.3 Å². The van der Waals surface area contributed by atoms with E-state index in [1.165, 1.54) is 77.0 Å². The van der Waals surface area contributed by atoms with Crippen molar-refractivity contribution in [2.24, 2.45) is 11.8 Å². The molecule has 1 rings (SSSR count). The molecule has 0 aromatic carbocycles. The van der Waals surface area contributed by atoms with Crippen LogP contribution < -0.4 is 5.32 Å². The third-order valence-electron chi connectivity index (χ3n) is 5.00. The van der Waals surface area contributed by atoms with Crippen molar-refractivity contribution in [1.29, 1.82) is 0 Å². The van der Waals surface area contributed by atoms with Gasteiger partial charge in [0.25, 0.3) is 0 Å². The maximum absolute atomic E-state index is 12.1. The van der Waals surface area contributed by atoms with E-state index in [4.69, 9.17) is 0 Å². The summed E-state index contributed by atoms with van der Waals surface area (Å²) in [6.45, 7) is 5.43. The minimum absolute atomic E-state index is 0.312. The molecule has 2 atom stereocenters. The molecule has 1 aliphatic heterocycles. The second-order valence-electron chi connectivity index (χ2n) is 6.85. The summed E-state index contributed by atoms with van der Waals surface area (Å²) in [6, 6.07) is 0. The zero-order valence-corrected chi connectivity index (χ0v) is 14.5. The highest BCUT2D eigenvalue weighted by Crippen LogP contribution is 2.30. The summed E-state index contributed by atoms with van der Waals surface area (Å²) in [5, 5.41) is 3.09. The molecule has 1 N–H and O–H groups in total. The van der Waals surface area contributed by atoms with Gasteiger partial charge in [-0.1, -0.05) is 71.6 Å². The fourth-order valence-corrected chi connectivity index (χ4v) is 3.64. The van der Waals surface area contributed by atoms with E-state index in [9.17, 15) is 4.79 Å². The quantitative estimate of drug-likeness (QED) is 0.476. The Morgan fingerprint density at radius 1 is 0.952 bits per heavy atom. The van der Waals surface area contributed by atoms with Crippen LogP contribution in [0.2, 0.25) is 0 Å². The van der Waals surface area contributed by atoms with Crippen molar-refractivity contribution in [3.05, 3.63) is 0 Å². The summed E-state index contributed by atoms with van der Waals surface area (Å²) in [7, 11) is 0. The SMILES string of the molecule is CCCCCCCC(CCCCCC)C1CCCNC1=O. The van der Waals surface area contributed by atoms with Gasteiger partial charge in [0.15, 0.2) is 0 Å². The zero-order chi connectivity index (χ0) is 15.3. The van der Waals surface area contributed by atoms with E-state index in [0.717, 1.165) is 13.0 Å². The molecular weight excluding hydrogens is 258 g/mol. The van der Waals surface area contributed by atoms with Gasteiger partial charge in [0, 0.05) is 12.5 Å². The number of piperidine rings is 1. The smallest absolute Gasteiger partial charge is 0.223 e. The molecule has 1 amide bonds. The van der Waals surface area contributed by atoms with Gasteiger partial charge in [-0.3, -0.25) is 4.79 Å². The van der Waals surface area contributed by atoms with Crippen molar-refractivity contribution in [3.63, 3.8) is 0 Å². The van der Waals surface area contributed by atoms with Crippen molar-refractivity contribution < 1.29 is 4.79 Å². The van der Waals surface area contributed by atoms with Gasteiger partial charge in [-0.05, 0) is 31.6 Å². The molecule has 21 heavy (non-hydrogen) atoms. The Morgan fingerprint density at radius 3 is 2.10 bits per heavy atom. The second kappa shape index (κ2) is 12.1. The van der Waals surface area contributed by atoms with Gasteiger partial charge in [-0.15, -0.1) is 0 Å². The zero-order valence-electron chi connectivity index (χ0n) is 14.5. The Bertz CT molecular complexity index is 264. The molecule has 0 aromatic rings. The molecule has 1 fully saturated rings. The van der Waals surface area contributed by atoms with Crippen LogP contribution in [0.4, 0.5) is 0 Å². The average Bonchev–Trinajstić information content (AvgIpc) is 2.50. The molecule has 2 unspecified atom stereocenters. The van der Waals surface area contributed by atoms with Crippen LogP contribution >= 0.6 is 0 Å². The number of amides is 1. The number of nitrogens with one attached hydrogen (secondary N) is 1. The predicted octanol–water partition coefficient (Wildman–Crippen LogP) is 5.46. The molecule has 0 aromatic heterocycles. The van der Waals surface area contributed by atoms with E-state index in [0.29, 0.717) is 17.7 Å². The Morgan fingerprint density at radius 2 is 1.52 bits per heavy atom. The molecule has 2 nitrogen and oxygen atoms in total. The number of rotatable bonds is 12. The van der Waals surface area contributed by atoms with Crippen molar-refractivity contribution in [3.8, 4) is 0 Å². The third kappa shape index (κ3) is 7.87. The highest BCUT2D eigenvalue weighted by atomic mass is 16.1. The van der Waals surface area contributed by atoms with Crippen molar-refractivity contribution >= 4 is 5.91 Å². The molecule has 124 valence electrons. The minimum Gasteiger partial charge on any atom is -0.356 e. The molecule has 1 aliphatic rings. The fraction of sp³-hybridized carbons (Fsp3) is 0.947. The number of unbranched alkanes of at least 4 members (excludes halogenated alkanes) is 7. The van der Waals surface area contributed by atoms with E-state index in [2.05, 4.69) is 19.2 Å². The first-order valence-electron chi connectivity index (χ1n) is 9.57. The molecule has 0 bridgehead atoms. The van der Waals surface area contributed by atoms with E-state index >= 15 is 0 Å². The van der Waals surface area contributed by atoms with E-state index in [1.54, 1.807) is 0 Å². The topological polar surface area (TPSA) is 29.1 Å². The minimum atomic E-state index is 0.312. The molecule has 1 heterocycles. The van der Waals surface area contributed by atoms with Crippen LogP contribution in [-0.2, 0) is 4.79 Å². The van der Waals surface area contributed by atoms with Crippen LogP contribution in [0.3, 0.4) is 0 Å². The first-order chi connectivity index (χ1) is 10.3. The Labute approximate surface area is 132 Å². The highest BCUT2D eigenvalue weighted by molar-refractivity contribution is 5.79. The standard InChI is InChI=1S/C19H37NO/c1-3-5-7-9-11-14-17(13-10-8-6-4-2)18-15-12-16-20-19(18)21/h17-18H,3-16H2,1-2H3,(H,20,21). The van der Waals surface area contributed by atoms with E-state index < -0.39 is 0 Å². The Balaban J connectivity index is 2.35. The molecule has 0 spiro atoms. The molecule has 0 radical (unpaired) electrons. The summed E-state index contributed by atoms with van der Waals surface area (Å²) in [5.41, 5.74) is 0. The molecule has 2 heteroatoms. The van der Waals surface area contributed by atoms with E-state index in [1.807, 2.05) is 0 Å². The van der Waals surface area contributed by atoms with Gasteiger partial charge in [0.1, 0.15) is 0 Å². The summed E-state index contributed by atoms with van der Waals surface area (Å²) in [4.78, 5) is 12.1.